The zero-order chi connectivity index (χ0) is 24.9. The Kier molecular flexibility index (Phi) is 6.44. The van der Waals surface area contributed by atoms with E-state index in [1.165, 1.54) is 9.21 Å². The number of piperazine rings is 1. The highest BCUT2D eigenvalue weighted by molar-refractivity contribution is 7.89. The second-order valence-corrected chi connectivity index (χ2v) is 11.6. The van der Waals surface area contributed by atoms with E-state index in [9.17, 15) is 18.0 Å². The van der Waals surface area contributed by atoms with Crippen molar-refractivity contribution in [3.8, 4) is 0 Å². The largest absolute Gasteiger partial charge is 0.322 e. The van der Waals surface area contributed by atoms with E-state index in [1.54, 1.807) is 0 Å². The summed E-state index contributed by atoms with van der Waals surface area (Å²) in [6, 6.07) is 7.28. The molecule has 0 unspecified atom stereocenters. The summed E-state index contributed by atoms with van der Waals surface area (Å²) in [5, 5.41) is 0. The Morgan fingerprint density at radius 2 is 1.38 bits per heavy atom. The van der Waals surface area contributed by atoms with E-state index in [0.717, 1.165) is 38.3 Å². The molecule has 2 aromatic rings. The van der Waals surface area contributed by atoms with Gasteiger partial charge in [0.2, 0.25) is 15.9 Å². The molecule has 2 aromatic carbocycles. The number of carbonyl (C=O) groups is 2. The van der Waals surface area contributed by atoms with Crippen LogP contribution in [0.4, 0.5) is 5.69 Å². The average Bonchev–Trinajstić information content (AvgIpc) is 3.06. The molecule has 2 heterocycles. The summed E-state index contributed by atoms with van der Waals surface area (Å²) in [7, 11) is -3.65. The third-order valence-corrected chi connectivity index (χ3v) is 9.74. The normalized spacial score (nSPS) is 20.4. The van der Waals surface area contributed by atoms with Crippen LogP contribution in [0.1, 0.15) is 39.8 Å². The van der Waals surface area contributed by atoms with Crippen molar-refractivity contribution >= 4 is 27.5 Å². The summed E-state index contributed by atoms with van der Waals surface area (Å²) < 4.78 is 28.7. The number of quaternary nitrogens is 1. The molecule has 4 rings (SSSR count). The fourth-order valence-electron chi connectivity index (χ4n) is 5.40. The Balaban J connectivity index is 1.53. The predicted molar refractivity (Wildman–Crippen MR) is 132 cm³/mol. The van der Waals surface area contributed by atoms with E-state index in [1.807, 2.05) is 65.8 Å². The highest BCUT2D eigenvalue weighted by Crippen LogP contribution is 2.30. The van der Waals surface area contributed by atoms with Crippen LogP contribution in [-0.4, -0.2) is 56.8 Å². The van der Waals surface area contributed by atoms with Gasteiger partial charge in [0, 0.05) is 0 Å². The standard InChI is InChI=1S/C26H33N3O4S/c1-16-8-7-9-17(2)24(16)29-23(30)15-22(26(29)31)27-10-12-28(13-11-27)34(32,33)25-20(5)18(3)14-19(4)21(25)6/h7-9,14,22H,10-13,15H2,1-6H3/p+1/t22-/m0/s1. The van der Waals surface area contributed by atoms with Gasteiger partial charge in [0.25, 0.3) is 5.91 Å². The Labute approximate surface area is 202 Å². The van der Waals surface area contributed by atoms with Gasteiger partial charge in [-0.25, -0.2) is 13.3 Å². The molecule has 2 amide bonds. The zero-order valence-electron chi connectivity index (χ0n) is 20.9. The van der Waals surface area contributed by atoms with E-state index in [0.29, 0.717) is 36.8 Å². The van der Waals surface area contributed by atoms with Crippen LogP contribution in [0.2, 0.25) is 0 Å². The summed E-state index contributed by atoms with van der Waals surface area (Å²) in [4.78, 5) is 28.9. The molecule has 2 aliphatic heterocycles. The molecular formula is C26H34N3O4S+. The van der Waals surface area contributed by atoms with Crippen molar-refractivity contribution in [2.24, 2.45) is 0 Å². The van der Waals surface area contributed by atoms with Gasteiger partial charge >= 0.3 is 0 Å². The lowest BCUT2D eigenvalue weighted by molar-refractivity contribution is -0.918. The SMILES string of the molecule is Cc1cc(C)c(C)c(S(=O)(=O)N2CC[NH+]([C@H]3CC(=O)N(c4c(C)cccc4C)C3=O)CC2)c1C. The van der Waals surface area contributed by atoms with Crippen LogP contribution >= 0.6 is 0 Å². The number of anilines is 1. The number of sulfonamides is 1. The summed E-state index contributed by atoms with van der Waals surface area (Å²) >= 11 is 0. The molecule has 0 bridgehead atoms. The van der Waals surface area contributed by atoms with Gasteiger partial charge < -0.3 is 4.90 Å². The van der Waals surface area contributed by atoms with Gasteiger partial charge in [-0.05, 0) is 74.9 Å². The Hall–Kier alpha value is -2.55. The van der Waals surface area contributed by atoms with Crippen molar-refractivity contribution < 1.29 is 22.9 Å². The molecule has 1 atom stereocenters. The lowest BCUT2D eigenvalue weighted by atomic mass is 10.0. The minimum absolute atomic E-state index is 0.157. The molecule has 2 fully saturated rings. The van der Waals surface area contributed by atoms with Crippen molar-refractivity contribution in [1.29, 1.82) is 0 Å². The monoisotopic (exact) mass is 484 g/mol. The molecule has 8 heteroatoms. The molecule has 0 saturated carbocycles. The molecule has 1 N–H and O–H groups in total. The second kappa shape index (κ2) is 8.91. The van der Waals surface area contributed by atoms with E-state index in [2.05, 4.69) is 0 Å². The maximum Gasteiger partial charge on any atom is 0.292 e. The topological polar surface area (TPSA) is 79.2 Å². The van der Waals surface area contributed by atoms with E-state index < -0.39 is 16.1 Å². The molecule has 0 aliphatic carbocycles. The third-order valence-electron chi connectivity index (χ3n) is 7.56. The first-order valence-corrected chi connectivity index (χ1v) is 13.2. The molecule has 2 aliphatic rings. The maximum absolute atomic E-state index is 13.6. The Morgan fingerprint density at radius 3 is 1.91 bits per heavy atom. The number of nitrogens with zero attached hydrogens (tertiary/aromatic N) is 2. The minimum atomic E-state index is -3.65. The molecule has 0 spiro atoms. The van der Waals surface area contributed by atoms with Gasteiger partial charge in [0.1, 0.15) is 0 Å². The van der Waals surface area contributed by atoms with Crippen LogP contribution in [0.5, 0.6) is 0 Å². The van der Waals surface area contributed by atoms with E-state index in [-0.39, 0.29) is 18.2 Å². The average molecular weight is 485 g/mol. The third kappa shape index (κ3) is 3.97. The molecule has 7 nitrogen and oxygen atoms in total. The quantitative estimate of drug-likeness (QED) is 0.671. The van der Waals surface area contributed by atoms with Gasteiger partial charge in [-0.3, -0.25) is 9.59 Å². The first-order valence-electron chi connectivity index (χ1n) is 11.8. The molecule has 0 radical (unpaired) electrons. The lowest BCUT2D eigenvalue weighted by Crippen LogP contribution is -3.19. The molecule has 2 saturated heterocycles. The lowest BCUT2D eigenvalue weighted by Gasteiger charge is -2.34. The number of hydrogen-bond acceptors (Lipinski definition) is 4. The number of rotatable bonds is 4. The van der Waals surface area contributed by atoms with Crippen LogP contribution in [0.15, 0.2) is 29.2 Å². The fraction of sp³-hybridized carbons (Fsp3) is 0.462. The zero-order valence-corrected chi connectivity index (χ0v) is 21.7. The van der Waals surface area contributed by atoms with Gasteiger partial charge in [-0.2, -0.15) is 4.31 Å². The number of imide groups is 1. The molecule has 182 valence electrons. The van der Waals surface area contributed by atoms with Crippen LogP contribution in [0.3, 0.4) is 0 Å². The van der Waals surface area contributed by atoms with E-state index in [4.69, 9.17) is 0 Å². The minimum Gasteiger partial charge on any atom is -0.322 e. The maximum atomic E-state index is 13.6. The van der Waals surface area contributed by atoms with Gasteiger partial charge in [-0.1, -0.05) is 24.3 Å². The predicted octanol–water partition coefficient (Wildman–Crippen LogP) is 1.76. The fourth-order valence-corrected chi connectivity index (χ4v) is 7.42. The Bertz CT molecular complexity index is 1230. The van der Waals surface area contributed by atoms with E-state index >= 15 is 0 Å². The number of para-hydroxylation sites is 1. The Morgan fingerprint density at radius 1 is 0.853 bits per heavy atom. The van der Waals surface area contributed by atoms with Crippen molar-refractivity contribution in [3.63, 3.8) is 0 Å². The highest BCUT2D eigenvalue weighted by Gasteiger charge is 2.48. The van der Waals surface area contributed by atoms with Crippen LogP contribution in [0.25, 0.3) is 0 Å². The number of nitrogens with one attached hydrogen (secondary N) is 1. The van der Waals surface area contributed by atoms with Crippen molar-refractivity contribution in [2.75, 3.05) is 31.1 Å². The number of hydrogen-bond donors (Lipinski definition) is 1. The summed E-state index contributed by atoms with van der Waals surface area (Å²) in [6.07, 6.45) is 0.157. The van der Waals surface area contributed by atoms with Crippen molar-refractivity contribution in [2.45, 2.75) is 58.9 Å². The van der Waals surface area contributed by atoms with Crippen LogP contribution in [0, 0.1) is 41.5 Å². The van der Waals surface area contributed by atoms with Crippen molar-refractivity contribution in [1.82, 2.24) is 4.31 Å². The number of amides is 2. The second-order valence-electron chi connectivity index (χ2n) is 9.72. The van der Waals surface area contributed by atoms with Gasteiger partial charge in [0.15, 0.2) is 6.04 Å². The molecular weight excluding hydrogens is 450 g/mol. The van der Waals surface area contributed by atoms with Crippen LogP contribution < -0.4 is 9.80 Å². The number of carbonyl (C=O) groups excluding carboxylic acids is 2. The number of benzene rings is 2. The smallest absolute Gasteiger partial charge is 0.292 e. The van der Waals surface area contributed by atoms with Gasteiger partial charge in [-0.15, -0.1) is 0 Å². The van der Waals surface area contributed by atoms with Gasteiger partial charge in [0.05, 0.1) is 43.2 Å². The first-order chi connectivity index (χ1) is 15.9. The summed E-state index contributed by atoms with van der Waals surface area (Å²) in [5.41, 5.74) is 5.99. The summed E-state index contributed by atoms with van der Waals surface area (Å²) in [6.45, 7) is 13.0. The molecule has 0 aromatic heterocycles. The molecule has 34 heavy (non-hydrogen) atoms. The highest BCUT2D eigenvalue weighted by atomic mass is 32.2. The summed E-state index contributed by atoms with van der Waals surface area (Å²) in [5.74, 6) is -0.369. The van der Waals surface area contributed by atoms with Crippen molar-refractivity contribution in [3.05, 3.63) is 57.6 Å². The first kappa shape index (κ1) is 24.6. The van der Waals surface area contributed by atoms with Crippen LogP contribution in [-0.2, 0) is 19.6 Å². The number of aryl methyl sites for hydroxylation is 4.